The smallest absolute Gasteiger partial charge is 0.257 e. The van der Waals surface area contributed by atoms with Crippen LogP contribution in [-0.2, 0) is 10.3 Å². The number of nitrogens with one attached hydrogen (secondary N) is 1. The second-order valence-corrected chi connectivity index (χ2v) is 9.12. The number of benzene rings is 2. The molecule has 0 aliphatic carbocycles. The predicted molar refractivity (Wildman–Crippen MR) is 115 cm³/mol. The lowest BCUT2D eigenvalue weighted by Gasteiger charge is -2.38. The van der Waals surface area contributed by atoms with Gasteiger partial charge in [0.2, 0.25) is 0 Å². The summed E-state index contributed by atoms with van der Waals surface area (Å²) in [6.45, 7) is 2.90. The van der Waals surface area contributed by atoms with Gasteiger partial charge in [-0.25, -0.2) is 13.8 Å². The molecule has 5 nitrogen and oxygen atoms in total. The Morgan fingerprint density at radius 3 is 2.73 bits per heavy atom. The summed E-state index contributed by atoms with van der Waals surface area (Å²) in [5.74, 6) is -0.805. The Hall–Kier alpha value is -2.45. The number of aliphatic imine (C=N–C) groups is 1. The zero-order valence-corrected chi connectivity index (χ0v) is 17.5. The molecule has 1 fully saturated rings. The highest BCUT2D eigenvalue weighted by Crippen LogP contribution is 2.51. The molecule has 30 heavy (non-hydrogen) atoms. The van der Waals surface area contributed by atoms with Crippen molar-refractivity contribution >= 4 is 28.5 Å². The van der Waals surface area contributed by atoms with E-state index in [-0.39, 0.29) is 18.1 Å². The minimum Gasteiger partial charge on any atom is -0.399 e. The number of fused-ring (bicyclic) bond motifs is 1. The Morgan fingerprint density at radius 1 is 1.30 bits per heavy atom. The molecule has 158 valence electrons. The fourth-order valence-electron chi connectivity index (χ4n) is 4.12. The summed E-state index contributed by atoms with van der Waals surface area (Å²) in [6.07, 6.45) is -0.763. The molecule has 3 atom stereocenters. The minimum atomic E-state index is -1.63. The highest BCUT2D eigenvalue weighted by atomic mass is 32.2. The molecule has 1 unspecified atom stereocenters. The van der Waals surface area contributed by atoms with E-state index in [9.17, 15) is 13.6 Å². The Bertz CT molecular complexity index is 994. The number of carbonyl (C=O) groups is 1. The summed E-state index contributed by atoms with van der Waals surface area (Å²) in [6, 6.07) is 13.0. The number of alkyl halides is 1. The largest absolute Gasteiger partial charge is 0.399 e. The van der Waals surface area contributed by atoms with E-state index in [0.29, 0.717) is 22.2 Å². The molecule has 0 saturated carbocycles. The number of anilines is 1. The number of carbonyl (C=O) groups excluding carboxylic acids is 1. The first-order chi connectivity index (χ1) is 14.2. The maximum Gasteiger partial charge on any atom is 0.257 e. The molecule has 0 aromatic heterocycles. The van der Waals surface area contributed by atoms with Crippen molar-refractivity contribution in [2.24, 2.45) is 10.9 Å². The van der Waals surface area contributed by atoms with Crippen LogP contribution in [0.5, 0.6) is 0 Å². The normalized spacial score (nSPS) is 26.1. The van der Waals surface area contributed by atoms with Crippen molar-refractivity contribution < 1.29 is 18.3 Å². The van der Waals surface area contributed by atoms with Crippen molar-refractivity contribution in [1.82, 2.24) is 5.32 Å². The molecule has 0 radical (unpaired) electrons. The van der Waals surface area contributed by atoms with E-state index in [1.165, 1.54) is 43.8 Å². The maximum atomic E-state index is 14.9. The second-order valence-electron chi connectivity index (χ2n) is 8.11. The summed E-state index contributed by atoms with van der Waals surface area (Å²) in [4.78, 5) is 17.3. The van der Waals surface area contributed by atoms with Crippen molar-refractivity contribution in [2.75, 3.05) is 18.1 Å². The van der Waals surface area contributed by atoms with Crippen molar-refractivity contribution in [3.05, 3.63) is 65.5 Å². The summed E-state index contributed by atoms with van der Waals surface area (Å²) < 4.78 is 35.6. The van der Waals surface area contributed by atoms with Crippen molar-refractivity contribution in [2.45, 2.75) is 31.2 Å². The van der Waals surface area contributed by atoms with Crippen LogP contribution in [0.4, 0.5) is 14.5 Å². The lowest BCUT2D eigenvalue weighted by molar-refractivity contribution is -0.0205. The number of hydrogen-bond acceptors (Lipinski definition) is 5. The van der Waals surface area contributed by atoms with Crippen molar-refractivity contribution in [3.63, 3.8) is 0 Å². The Balaban J connectivity index is 1.75. The van der Waals surface area contributed by atoms with Crippen LogP contribution in [0.15, 0.2) is 53.5 Å². The molecule has 0 spiro atoms. The van der Waals surface area contributed by atoms with E-state index in [0.717, 1.165) is 0 Å². The number of hydrogen-bond donors (Lipinski definition) is 2. The molecule has 2 heterocycles. The van der Waals surface area contributed by atoms with Crippen LogP contribution < -0.4 is 11.1 Å². The van der Waals surface area contributed by atoms with Gasteiger partial charge in [0.25, 0.3) is 5.91 Å². The molecule has 2 aromatic rings. The van der Waals surface area contributed by atoms with Gasteiger partial charge in [-0.2, -0.15) is 0 Å². The molecule has 2 aromatic carbocycles. The van der Waals surface area contributed by atoms with Gasteiger partial charge in [-0.3, -0.25) is 4.79 Å². The van der Waals surface area contributed by atoms with Crippen molar-refractivity contribution in [1.29, 1.82) is 0 Å². The maximum absolute atomic E-state index is 14.9. The van der Waals surface area contributed by atoms with Gasteiger partial charge in [0.15, 0.2) is 5.17 Å². The first-order valence-corrected chi connectivity index (χ1v) is 10.6. The fraction of sp³-hybridized carbons (Fsp3) is 0.364. The zero-order chi connectivity index (χ0) is 21.5. The standard InChI is InChI=1S/C22H23F2N3O2S/c1-21(2,24)18-16-11-30-20(26-19(28)13-6-4-3-5-7-13)27-22(16,12-29-18)15-10-14(25)8-9-17(15)23/h3-10,16,18H,11-12,25H2,1-2H3,(H,26,27,28)/t16-,18?,22-/m1/s1. The number of nitrogen functional groups attached to an aromatic ring is 1. The highest BCUT2D eigenvalue weighted by Gasteiger charge is 2.58. The first-order valence-electron chi connectivity index (χ1n) is 9.66. The average Bonchev–Trinajstić information content (AvgIpc) is 3.10. The first kappa shape index (κ1) is 20.8. The third-order valence-corrected chi connectivity index (χ3v) is 6.54. The Labute approximate surface area is 178 Å². The van der Waals surface area contributed by atoms with Gasteiger partial charge in [0.05, 0.1) is 12.7 Å². The van der Waals surface area contributed by atoms with Gasteiger partial charge >= 0.3 is 0 Å². The zero-order valence-electron chi connectivity index (χ0n) is 16.7. The van der Waals surface area contributed by atoms with E-state index in [1.54, 1.807) is 24.3 Å². The Morgan fingerprint density at radius 2 is 2.03 bits per heavy atom. The van der Waals surface area contributed by atoms with E-state index in [4.69, 9.17) is 15.5 Å². The number of ether oxygens (including phenoxy) is 1. The van der Waals surface area contributed by atoms with Gasteiger partial charge in [-0.05, 0) is 44.2 Å². The number of amidine groups is 1. The molecular formula is C22H23F2N3O2S. The quantitative estimate of drug-likeness (QED) is 0.723. The van der Waals surface area contributed by atoms with E-state index in [2.05, 4.69) is 5.32 Å². The van der Waals surface area contributed by atoms with E-state index >= 15 is 0 Å². The molecule has 8 heteroatoms. The molecule has 2 aliphatic heterocycles. The van der Waals surface area contributed by atoms with Gasteiger partial charge < -0.3 is 15.8 Å². The lowest BCUT2D eigenvalue weighted by Crippen LogP contribution is -2.48. The molecule has 4 rings (SSSR count). The molecule has 0 bridgehead atoms. The molecule has 2 aliphatic rings. The van der Waals surface area contributed by atoms with Gasteiger partial charge in [0.1, 0.15) is 17.0 Å². The topological polar surface area (TPSA) is 76.7 Å². The average molecular weight is 432 g/mol. The minimum absolute atomic E-state index is 0.00131. The number of nitrogens with zero attached hydrogens (tertiary/aromatic N) is 1. The summed E-state index contributed by atoms with van der Waals surface area (Å²) in [5.41, 5.74) is 4.24. The van der Waals surface area contributed by atoms with Crippen LogP contribution in [-0.4, -0.2) is 35.2 Å². The molecule has 3 N–H and O–H groups in total. The third kappa shape index (κ3) is 3.70. The van der Waals surface area contributed by atoms with Crippen LogP contribution in [0.2, 0.25) is 0 Å². The molecule has 1 amide bonds. The number of thioether (sulfide) groups is 1. The number of rotatable bonds is 3. The fourth-order valence-corrected chi connectivity index (χ4v) is 5.31. The van der Waals surface area contributed by atoms with Gasteiger partial charge in [-0.15, -0.1) is 0 Å². The van der Waals surface area contributed by atoms with Crippen LogP contribution in [0.3, 0.4) is 0 Å². The third-order valence-electron chi connectivity index (χ3n) is 5.55. The lowest BCUT2D eigenvalue weighted by atomic mass is 9.75. The number of nitrogens with two attached hydrogens (primary N) is 1. The van der Waals surface area contributed by atoms with Gasteiger partial charge in [0, 0.05) is 28.5 Å². The van der Waals surface area contributed by atoms with Crippen LogP contribution in [0.25, 0.3) is 0 Å². The van der Waals surface area contributed by atoms with E-state index < -0.39 is 29.0 Å². The summed E-state index contributed by atoms with van der Waals surface area (Å²) in [7, 11) is 0. The van der Waals surface area contributed by atoms with Crippen LogP contribution >= 0.6 is 11.8 Å². The molecule has 1 saturated heterocycles. The number of halogens is 2. The van der Waals surface area contributed by atoms with E-state index in [1.807, 2.05) is 6.07 Å². The Kier molecular flexibility index (Phi) is 5.32. The SMILES string of the molecule is CC(C)(F)C1OC[C@]2(c3cc(N)ccc3F)N=C(NC(=O)c3ccccc3)SC[C@H]12. The number of amides is 1. The summed E-state index contributed by atoms with van der Waals surface area (Å²) in [5, 5.41) is 3.15. The van der Waals surface area contributed by atoms with Crippen LogP contribution in [0, 0.1) is 11.7 Å². The molecular weight excluding hydrogens is 408 g/mol. The summed E-state index contributed by atoms with van der Waals surface area (Å²) >= 11 is 1.30. The van der Waals surface area contributed by atoms with Crippen LogP contribution in [0.1, 0.15) is 29.8 Å². The van der Waals surface area contributed by atoms with Gasteiger partial charge in [-0.1, -0.05) is 30.0 Å². The monoisotopic (exact) mass is 431 g/mol. The highest BCUT2D eigenvalue weighted by molar-refractivity contribution is 8.13. The van der Waals surface area contributed by atoms with Crippen molar-refractivity contribution in [3.8, 4) is 0 Å². The second kappa shape index (κ2) is 7.67. The predicted octanol–water partition coefficient (Wildman–Crippen LogP) is 3.90.